The molecular formula is C16H14F2O4S. The number of hydrogen-bond acceptors (Lipinski definition) is 4. The zero-order valence-corrected chi connectivity index (χ0v) is 13.0. The Bertz CT molecular complexity index is 804. The van der Waals surface area contributed by atoms with Crippen molar-refractivity contribution in [1.82, 2.24) is 0 Å². The van der Waals surface area contributed by atoms with Crippen molar-refractivity contribution < 1.29 is 26.7 Å². The van der Waals surface area contributed by atoms with Crippen LogP contribution in [0.5, 0.6) is 0 Å². The zero-order valence-electron chi connectivity index (χ0n) is 12.2. The van der Waals surface area contributed by atoms with E-state index >= 15 is 0 Å². The third-order valence-electron chi connectivity index (χ3n) is 3.21. The normalized spacial score (nSPS) is 12.8. The molecule has 0 saturated carbocycles. The van der Waals surface area contributed by atoms with E-state index in [2.05, 4.69) is 0 Å². The molecule has 122 valence electrons. The molecule has 0 radical (unpaired) electrons. The molecule has 0 aromatic heterocycles. The molecule has 0 aliphatic heterocycles. The molecule has 0 heterocycles. The highest BCUT2D eigenvalue weighted by molar-refractivity contribution is 7.92. The molecule has 0 N–H and O–H groups in total. The Morgan fingerprint density at radius 3 is 2.35 bits per heavy atom. The van der Waals surface area contributed by atoms with Crippen LogP contribution in [0.4, 0.5) is 8.78 Å². The molecule has 0 aliphatic rings. The van der Waals surface area contributed by atoms with Gasteiger partial charge in [-0.25, -0.2) is 17.2 Å². The number of sulfone groups is 1. The Morgan fingerprint density at radius 1 is 1.13 bits per heavy atom. The number of carbonyl (C=O) groups is 1. The summed E-state index contributed by atoms with van der Waals surface area (Å²) in [6.45, 7) is 0. The predicted octanol–water partition coefficient (Wildman–Crippen LogP) is 2.52. The Labute approximate surface area is 132 Å². The molecule has 0 aliphatic carbocycles. The fourth-order valence-electron chi connectivity index (χ4n) is 2.10. The summed E-state index contributed by atoms with van der Waals surface area (Å²) in [5, 5.41) is 0. The fraction of sp³-hybridized carbons (Fsp3) is 0.188. The van der Waals surface area contributed by atoms with Crippen molar-refractivity contribution in [3.05, 3.63) is 65.7 Å². The first-order chi connectivity index (χ1) is 10.9. The Balaban J connectivity index is 2.28. The molecule has 2 rings (SSSR count). The minimum Gasteiger partial charge on any atom is -0.358 e. The number of Topliss-reactive ketones (excluding diaryl/α,β-unsaturated/α-hetero) is 1. The molecule has 0 saturated heterocycles. The molecule has 0 fully saturated rings. The highest BCUT2D eigenvalue weighted by atomic mass is 32.2. The molecule has 1 unspecified atom stereocenters. The van der Waals surface area contributed by atoms with Gasteiger partial charge in [0.25, 0.3) is 0 Å². The number of rotatable bonds is 6. The first kappa shape index (κ1) is 17.2. The number of methoxy groups -OCH3 is 1. The first-order valence-electron chi connectivity index (χ1n) is 6.64. The highest BCUT2D eigenvalue weighted by Gasteiger charge is 2.34. The van der Waals surface area contributed by atoms with Crippen LogP contribution in [-0.4, -0.2) is 26.7 Å². The summed E-state index contributed by atoms with van der Waals surface area (Å²) in [7, 11) is -2.97. The largest absolute Gasteiger partial charge is 0.358 e. The van der Waals surface area contributed by atoms with Crippen molar-refractivity contribution in [3.8, 4) is 0 Å². The maximum absolute atomic E-state index is 13.6. The van der Waals surface area contributed by atoms with E-state index in [-0.39, 0.29) is 10.5 Å². The fourth-order valence-corrected chi connectivity index (χ4v) is 3.57. The smallest absolute Gasteiger partial charge is 0.221 e. The summed E-state index contributed by atoms with van der Waals surface area (Å²) < 4.78 is 56.2. The monoisotopic (exact) mass is 340 g/mol. The lowest BCUT2D eigenvalue weighted by Crippen LogP contribution is -2.33. The molecule has 1 atom stereocenters. The summed E-state index contributed by atoms with van der Waals surface area (Å²) in [5.41, 5.74) is -1.85. The van der Waals surface area contributed by atoms with Gasteiger partial charge in [-0.05, 0) is 23.8 Å². The van der Waals surface area contributed by atoms with Crippen molar-refractivity contribution in [3.63, 3.8) is 0 Å². The summed E-state index contributed by atoms with van der Waals surface area (Å²) in [5.74, 6) is -2.52. The topological polar surface area (TPSA) is 60.4 Å². The van der Waals surface area contributed by atoms with Crippen molar-refractivity contribution in [2.24, 2.45) is 0 Å². The Kier molecular flexibility index (Phi) is 5.23. The minimum absolute atomic E-state index is 0.0696. The van der Waals surface area contributed by atoms with E-state index < -0.39 is 39.1 Å². The Hall–Kier alpha value is -2.12. The second-order valence-electron chi connectivity index (χ2n) is 4.80. The van der Waals surface area contributed by atoms with Gasteiger partial charge in [-0.1, -0.05) is 24.3 Å². The van der Waals surface area contributed by atoms with E-state index in [0.29, 0.717) is 6.07 Å². The minimum atomic E-state index is -4.06. The van der Waals surface area contributed by atoms with Crippen LogP contribution in [0.15, 0.2) is 53.4 Å². The molecule has 7 heteroatoms. The van der Waals surface area contributed by atoms with Crippen LogP contribution in [0.1, 0.15) is 5.56 Å². The molecule has 23 heavy (non-hydrogen) atoms. The van der Waals surface area contributed by atoms with E-state index in [0.717, 1.165) is 19.2 Å². The number of benzene rings is 2. The zero-order chi connectivity index (χ0) is 17.0. The maximum atomic E-state index is 13.6. The van der Waals surface area contributed by atoms with Gasteiger partial charge in [-0.3, -0.25) is 4.79 Å². The summed E-state index contributed by atoms with van der Waals surface area (Å²) >= 11 is 0. The standard InChI is InChI=1S/C16H14F2O4S/c1-22-16(23(20,21)13-5-3-2-4-6-13)15(19)9-11-7-8-12(17)10-14(11)18/h2-8,10,16H,9H2,1H3. The van der Waals surface area contributed by atoms with E-state index in [9.17, 15) is 22.0 Å². The van der Waals surface area contributed by atoms with Gasteiger partial charge in [0.05, 0.1) is 4.90 Å². The van der Waals surface area contributed by atoms with Crippen molar-refractivity contribution >= 4 is 15.6 Å². The molecule has 0 spiro atoms. The van der Waals surface area contributed by atoms with Crippen LogP contribution in [0.2, 0.25) is 0 Å². The van der Waals surface area contributed by atoms with Crippen molar-refractivity contribution in [1.29, 1.82) is 0 Å². The van der Waals surface area contributed by atoms with Crippen LogP contribution in [0.3, 0.4) is 0 Å². The second kappa shape index (κ2) is 6.97. The van der Waals surface area contributed by atoms with Crippen LogP contribution in [0.25, 0.3) is 0 Å². The molecule has 0 bridgehead atoms. The average Bonchev–Trinajstić information content (AvgIpc) is 2.51. The lowest BCUT2D eigenvalue weighted by molar-refractivity contribution is -0.124. The third kappa shape index (κ3) is 3.80. The van der Waals surface area contributed by atoms with E-state index in [4.69, 9.17) is 4.74 Å². The number of ether oxygens (including phenoxy) is 1. The van der Waals surface area contributed by atoms with Crippen molar-refractivity contribution in [2.75, 3.05) is 7.11 Å². The van der Waals surface area contributed by atoms with Gasteiger partial charge in [0, 0.05) is 19.6 Å². The summed E-state index contributed by atoms with van der Waals surface area (Å²) in [4.78, 5) is 12.2. The third-order valence-corrected chi connectivity index (χ3v) is 5.16. The maximum Gasteiger partial charge on any atom is 0.221 e. The van der Waals surface area contributed by atoms with Gasteiger partial charge in [0.1, 0.15) is 11.6 Å². The highest BCUT2D eigenvalue weighted by Crippen LogP contribution is 2.19. The van der Waals surface area contributed by atoms with Gasteiger partial charge in [0.15, 0.2) is 5.78 Å². The van der Waals surface area contributed by atoms with Gasteiger partial charge in [0.2, 0.25) is 15.3 Å². The van der Waals surface area contributed by atoms with Crippen LogP contribution >= 0.6 is 0 Å². The number of ketones is 1. The van der Waals surface area contributed by atoms with Gasteiger partial charge < -0.3 is 4.74 Å². The van der Waals surface area contributed by atoms with Crippen LogP contribution in [-0.2, 0) is 25.8 Å². The second-order valence-corrected chi connectivity index (χ2v) is 6.79. The lowest BCUT2D eigenvalue weighted by atomic mass is 10.1. The molecular weight excluding hydrogens is 326 g/mol. The van der Waals surface area contributed by atoms with E-state index in [1.54, 1.807) is 6.07 Å². The van der Waals surface area contributed by atoms with E-state index in [1.807, 2.05) is 0 Å². The summed E-state index contributed by atoms with van der Waals surface area (Å²) in [6, 6.07) is 10.1. The molecule has 2 aromatic rings. The SMILES string of the molecule is COC(C(=O)Cc1ccc(F)cc1F)S(=O)(=O)c1ccccc1. The predicted molar refractivity (Wildman–Crippen MR) is 79.5 cm³/mol. The van der Waals surface area contributed by atoms with Gasteiger partial charge in [-0.2, -0.15) is 0 Å². The number of hydrogen-bond donors (Lipinski definition) is 0. The van der Waals surface area contributed by atoms with Gasteiger partial charge >= 0.3 is 0 Å². The molecule has 0 amide bonds. The average molecular weight is 340 g/mol. The van der Waals surface area contributed by atoms with Crippen LogP contribution < -0.4 is 0 Å². The first-order valence-corrected chi connectivity index (χ1v) is 8.19. The lowest BCUT2D eigenvalue weighted by Gasteiger charge is -2.15. The number of halogens is 2. The molecule has 2 aromatic carbocycles. The number of carbonyl (C=O) groups excluding carboxylic acids is 1. The van der Waals surface area contributed by atoms with E-state index in [1.165, 1.54) is 24.3 Å². The summed E-state index contributed by atoms with van der Waals surface area (Å²) in [6.07, 6.45) is -0.517. The Morgan fingerprint density at radius 2 is 1.78 bits per heavy atom. The quantitative estimate of drug-likeness (QED) is 0.811. The molecule has 4 nitrogen and oxygen atoms in total. The van der Waals surface area contributed by atoms with Crippen molar-refractivity contribution in [2.45, 2.75) is 16.8 Å². The van der Waals surface area contributed by atoms with Crippen LogP contribution in [0, 0.1) is 11.6 Å². The van der Waals surface area contributed by atoms with Gasteiger partial charge in [-0.15, -0.1) is 0 Å².